The lowest BCUT2D eigenvalue weighted by molar-refractivity contribution is 0.0690. The van der Waals surface area contributed by atoms with Gasteiger partial charge in [0.05, 0.1) is 0 Å². The highest BCUT2D eigenvalue weighted by Crippen LogP contribution is 2.60. The van der Waals surface area contributed by atoms with E-state index in [9.17, 15) is 14.9 Å². The molecule has 1 aliphatic carbocycles. The highest BCUT2D eigenvalue weighted by Gasteiger charge is 2.54. The molecule has 22 heavy (non-hydrogen) atoms. The van der Waals surface area contributed by atoms with Crippen LogP contribution in [0.2, 0.25) is 5.82 Å². The predicted octanol–water partition coefficient (Wildman–Crippen LogP) is 1.82. The minimum atomic E-state index is -0.976. The molecule has 3 N–H and O–H groups in total. The van der Waals surface area contributed by atoms with Gasteiger partial charge in [0.25, 0.3) is 0 Å². The smallest absolute Gasteiger partial charge is 0.526 e. The number of hydrogen-bond acceptors (Lipinski definition) is 5. The molecule has 3 aliphatic rings. The van der Waals surface area contributed by atoms with Gasteiger partial charge < -0.3 is 20.1 Å². The predicted molar refractivity (Wildman–Crippen MR) is 84.8 cm³/mol. The van der Waals surface area contributed by atoms with Crippen molar-refractivity contribution < 1.29 is 19.6 Å². The maximum atomic E-state index is 11.7. The van der Waals surface area contributed by atoms with E-state index in [1.807, 2.05) is 12.1 Å². The largest absolute Gasteiger partial charge is 0.535 e. The molecule has 2 heterocycles. The van der Waals surface area contributed by atoms with Crippen LogP contribution >= 0.6 is 11.8 Å². The second-order valence-corrected chi connectivity index (χ2v) is 7.47. The van der Waals surface area contributed by atoms with Crippen LogP contribution in [0.4, 0.5) is 0 Å². The number of thioether (sulfide) groups is 1. The van der Waals surface area contributed by atoms with E-state index in [-0.39, 0.29) is 17.3 Å². The molecule has 1 aromatic carbocycles. The fraction of sp³-hybridized carbons (Fsp3) is 0.533. The zero-order valence-corrected chi connectivity index (χ0v) is 12.9. The lowest BCUT2D eigenvalue weighted by atomic mass is 9.77. The average Bonchev–Trinajstić information content (AvgIpc) is 3.21. The lowest BCUT2D eigenvalue weighted by Gasteiger charge is -2.27. The number of fused-ring (bicyclic) bond motifs is 3. The first-order chi connectivity index (χ1) is 10.6. The summed E-state index contributed by atoms with van der Waals surface area (Å²) in [6, 6.07) is 3.88. The molecule has 4 rings (SSSR count). The quantitative estimate of drug-likeness (QED) is 0.567. The van der Waals surface area contributed by atoms with Crippen LogP contribution in [0, 0.1) is 5.92 Å². The van der Waals surface area contributed by atoms with Gasteiger partial charge in [-0.25, -0.2) is 4.79 Å². The Morgan fingerprint density at radius 2 is 2.27 bits per heavy atom. The SMILES string of the molecule is O=C(O)c1c(SCCC2CNC2)ccc2c1OB(O)[C@H]1C[C@@H]21. The topological polar surface area (TPSA) is 78.8 Å². The van der Waals surface area contributed by atoms with Crippen molar-refractivity contribution in [3.8, 4) is 5.75 Å². The molecule has 5 nitrogen and oxygen atoms in total. The average molecular weight is 319 g/mol. The van der Waals surface area contributed by atoms with Gasteiger partial charge >= 0.3 is 13.1 Å². The Morgan fingerprint density at radius 1 is 1.45 bits per heavy atom. The Morgan fingerprint density at radius 3 is 2.95 bits per heavy atom. The van der Waals surface area contributed by atoms with Gasteiger partial charge in [0.15, 0.2) is 0 Å². The van der Waals surface area contributed by atoms with Crippen LogP contribution in [-0.4, -0.2) is 42.1 Å². The Kier molecular flexibility index (Phi) is 3.59. The molecular formula is C15H18BNO4S. The van der Waals surface area contributed by atoms with Crippen molar-refractivity contribution in [2.45, 2.75) is 29.5 Å². The molecule has 0 bridgehead atoms. The second kappa shape index (κ2) is 5.47. The molecule has 116 valence electrons. The van der Waals surface area contributed by atoms with Crippen molar-refractivity contribution in [2.24, 2.45) is 5.92 Å². The van der Waals surface area contributed by atoms with Crippen molar-refractivity contribution in [1.29, 1.82) is 0 Å². The normalized spacial score (nSPS) is 25.8. The standard InChI is InChI=1S/C15H18BNO4S/c18-15(19)13-12(22-4-3-8-6-17-7-8)2-1-9-10-5-11(10)16(20)21-14(9)13/h1-2,8,10-11,17,20H,3-7H2,(H,18,19)/t10-,11-/m0/s1. The van der Waals surface area contributed by atoms with Crippen LogP contribution in [0.5, 0.6) is 5.75 Å². The summed E-state index contributed by atoms with van der Waals surface area (Å²) in [7, 11) is -0.864. The van der Waals surface area contributed by atoms with Crippen molar-refractivity contribution >= 4 is 24.8 Å². The van der Waals surface area contributed by atoms with Crippen LogP contribution in [0.25, 0.3) is 0 Å². The number of nitrogens with one attached hydrogen (secondary N) is 1. The Bertz CT molecular complexity index is 622. The van der Waals surface area contributed by atoms with Crippen LogP contribution in [0.1, 0.15) is 34.7 Å². The zero-order chi connectivity index (χ0) is 15.3. The van der Waals surface area contributed by atoms with Gasteiger partial charge in [-0.2, -0.15) is 0 Å². The summed E-state index contributed by atoms with van der Waals surface area (Å²) in [5.74, 6) is 1.42. The third-order valence-corrected chi connectivity index (χ3v) is 5.95. The minimum absolute atomic E-state index is 0.138. The fourth-order valence-electron chi connectivity index (χ4n) is 3.31. The Labute approximate surface area is 133 Å². The molecule has 0 aromatic heterocycles. The number of hydrogen-bond donors (Lipinski definition) is 3. The monoisotopic (exact) mass is 319 g/mol. The summed E-state index contributed by atoms with van der Waals surface area (Å²) in [5.41, 5.74) is 1.17. The van der Waals surface area contributed by atoms with Gasteiger partial charge in [-0.05, 0) is 55.1 Å². The molecule has 7 heteroatoms. The van der Waals surface area contributed by atoms with Crippen LogP contribution < -0.4 is 9.97 Å². The van der Waals surface area contributed by atoms with Crippen LogP contribution in [-0.2, 0) is 0 Å². The van der Waals surface area contributed by atoms with Gasteiger partial charge in [0, 0.05) is 10.7 Å². The Hall–Kier alpha value is -1.18. The fourth-order valence-corrected chi connectivity index (χ4v) is 4.47. The molecule has 1 saturated heterocycles. The van der Waals surface area contributed by atoms with Crippen LogP contribution in [0.3, 0.4) is 0 Å². The summed E-state index contributed by atoms with van der Waals surface area (Å²) in [6.07, 6.45) is 1.97. The molecule has 0 radical (unpaired) electrons. The number of carboxylic acids is 1. The van der Waals surface area contributed by atoms with Gasteiger partial charge in [0.1, 0.15) is 11.3 Å². The van der Waals surface area contributed by atoms with E-state index in [0.29, 0.717) is 11.7 Å². The minimum Gasteiger partial charge on any atom is -0.535 e. The molecule has 0 amide bonds. The van der Waals surface area contributed by atoms with E-state index in [4.69, 9.17) is 4.65 Å². The van der Waals surface area contributed by atoms with E-state index in [1.165, 1.54) is 0 Å². The molecule has 2 aliphatic heterocycles. The second-order valence-electron chi connectivity index (χ2n) is 6.34. The molecule has 0 spiro atoms. The van der Waals surface area contributed by atoms with Crippen LogP contribution in [0.15, 0.2) is 17.0 Å². The number of carbonyl (C=O) groups is 1. The number of rotatable bonds is 5. The maximum Gasteiger partial charge on any atom is 0.526 e. The number of carboxylic acid groups (broad SMARTS) is 1. The summed E-state index contributed by atoms with van der Waals surface area (Å²) >= 11 is 1.57. The first kappa shape index (κ1) is 14.4. The molecule has 0 unspecified atom stereocenters. The van der Waals surface area contributed by atoms with E-state index in [0.717, 1.165) is 42.1 Å². The summed E-state index contributed by atoms with van der Waals surface area (Å²) in [4.78, 5) is 12.4. The van der Waals surface area contributed by atoms with Gasteiger partial charge in [0.2, 0.25) is 0 Å². The van der Waals surface area contributed by atoms with Crippen molar-refractivity contribution in [3.63, 3.8) is 0 Å². The Balaban J connectivity index is 1.58. The third kappa shape index (κ3) is 2.41. The van der Waals surface area contributed by atoms with E-state index < -0.39 is 13.1 Å². The maximum absolute atomic E-state index is 11.7. The number of aromatic carboxylic acids is 1. The zero-order valence-electron chi connectivity index (χ0n) is 12.1. The highest BCUT2D eigenvalue weighted by atomic mass is 32.2. The summed E-state index contributed by atoms with van der Waals surface area (Å²) in [6.45, 7) is 2.13. The van der Waals surface area contributed by atoms with Gasteiger partial charge in [-0.3, -0.25) is 0 Å². The third-order valence-electron chi connectivity index (χ3n) is 4.86. The first-order valence-corrected chi connectivity index (χ1v) is 8.72. The lowest BCUT2D eigenvalue weighted by Crippen LogP contribution is -2.42. The molecule has 1 saturated carbocycles. The molecular weight excluding hydrogens is 301 g/mol. The van der Waals surface area contributed by atoms with Gasteiger partial charge in [-0.15, -0.1) is 11.8 Å². The molecule has 2 fully saturated rings. The van der Waals surface area contributed by atoms with Crippen molar-refractivity contribution in [1.82, 2.24) is 5.32 Å². The first-order valence-electron chi connectivity index (χ1n) is 7.73. The molecule has 2 atom stereocenters. The summed E-state index contributed by atoms with van der Waals surface area (Å²) < 4.78 is 5.53. The van der Waals surface area contributed by atoms with E-state index in [2.05, 4.69) is 5.32 Å². The van der Waals surface area contributed by atoms with E-state index in [1.54, 1.807) is 11.8 Å². The summed E-state index contributed by atoms with van der Waals surface area (Å²) in [5, 5.41) is 22.8. The van der Waals surface area contributed by atoms with E-state index >= 15 is 0 Å². The molecule has 1 aromatic rings. The van der Waals surface area contributed by atoms with Gasteiger partial charge in [-0.1, -0.05) is 6.07 Å². The highest BCUT2D eigenvalue weighted by molar-refractivity contribution is 7.99. The number of benzene rings is 1. The van der Waals surface area contributed by atoms with Crippen molar-refractivity contribution in [3.05, 3.63) is 23.3 Å². The van der Waals surface area contributed by atoms with Crippen molar-refractivity contribution in [2.75, 3.05) is 18.8 Å².